The molecule has 2 atom stereocenters. The number of aryl methyl sites for hydroxylation is 2. The molecular formula is C15H23NO. The molecule has 0 saturated carbocycles. The van der Waals surface area contributed by atoms with E-state index >= 15 is 0 Å². The van der Waals surface area contributed by atoms with Crippen LogP contribution in [0, 0.1) is 19.8 Å². The van der Waals surface area contributed by atoms with Crippen LogP contribution in [0.2, 0.25) is 0 Å². The highest BCUT2D eigenvalue weighted by Gasteiger charge is 2.34. The van der Waals surface area contributed by atoms with E-state index in [4.69, 9.17) is 10.5 Å². The van der Waals surface area contributed by atoms with E-state index in [0.717, 1.165) is 19.6 Å². The normalized spacial score (nSPS) is 24.4. The van der Waals surface area contributed by atoms with Crippen molar-refractivity contribution in [2.24, 2.45) is 11.7 Å². The molecule has 2 rings (SSSR count). The van der Waals surface area contributed by atoms with Crippen LogP contribution in [0.15, 0.2) is 18.2 Å². The zero-order chi connectivity index (χ0) is 12.5. The van der Waals surface area contributed by atoms with Gasteiger partial charge < -0.3 is 10.5 Å². The molecule has 2 unspecified atom stereocenters. The number of hydrogen-bond donors (Lipinski definition) is 1. The van der Waals surface area contributed by atoms with Crippen molar-refractivity contribution in [3.63, 3.8) is 0 Å². The first-order valence-electron chi connectivity index (χ1n) is 6.46. The summed E-state index contributed by atoms with van der Waals surface area (Å²) in [5.74, 6) is 0.428. The quantitative estimate of drug-likeness (QED) is 0.852. The summed E-state index contributed by atoms with van der Waals surface area (Å²) in [5, 5.41) is 0. The SMILES string of the molecule is Cc1ccc(C)c(C(C)(N)C2CCCOC2)c1. The molecule has 0 aliphatic carbocycles. The first-order chi connectivity index (χ1) is 8.01. The summed E-state index contributed by atoms with van der Waals surface area (Å²) in [6.07, 6.45) is 2.29. The van der Waals surface area contributed by atoms with Gasteiger partial charge in [-0.2, -0.15) is 0 Å². The van der Waals surface area contributed by atoms with Crippen LogP contribution >= 0.6 is 0 Å². The maximum absolute atomic E-state index is 6.60. The van der Waals surface area contributed by atoms with E-state index < -0.39 is 0 Å². The minimum absolute atomic E-state index is 0.281. The van der Waals surface area contributed by atoms with Crippen molar-refractivity contribution in [1.82, 2.24) is 0 Å². The van der Waals surface area contributed by atoms with Crippen molar-refractivity contribution in [2.75, 3.05) is 13.2 Å². The van der Waals surface area contributed by atoms with Crippen LogP contribution in [0.5, 0.6) is 0 Å². The zero-order valence-electron chi connectivity index (χ0n) is 11.1. The number of ether oxygens (including phenoxy) is 1. The fourth-order valence-corrected chi connectivity index (χ4v) is 2.75. The van der Waals surface area contributed by atoms with Gasteiger partial charge in [-0.1, -0.05) is 23.8 Å². The Morgan fingerprint density at radius 2 is 2.12 bits per heavy atom. The Bertz CT molecular complexity index is 392. The fraction of sp³-hybridized carbons (Fsp3) is 0.600. The molecule has 0 radical (unpaired) electrons. The lowest BCUT2D eigenvalue weighted by molar-refractivity contribution is 0.0242. The lowest BCUT2D eigenvalue weighted by atomic mass is 9.76. The van der Waals surface area contributed by atoms with Crippen LogP contribution in [0.3, 0.4) is 0 Å². The molecule has 2 N–H and O–H groups in total. The van der Waals surface area contributed by atoms with Gasteiger partial charge in [0.25, 0.3) is 0 Å². The van der Waals surface area contributed by atoms with Gasteiger partial charge in [0.05, 0.1) is 6.61 Å². The summed E-state index contributed by atoms with van der Waals surface area (Å²) in [4.78, 5) is 0. The third-order valence-corrected chi connectivity index (χ3v) is 3.98. The third-order valence-electron chi connectivity index (χ3n) is 3.98. The molecule has 1 aromatic rings. The van der Waals surface area contributed by atoms with Crippen molar-refractivity contribution in [3.05, 3.63) is 34.9 Å². The molecule has 0 aromatic heterocycles. The summed E-state index contributed by atoms with van der Waals surface area (Å²) >= 11 is 0. The number of benzene rings is 1. The summed E-state index contributed by atoms with van der Waals surface area (Å²) in [5.41, 5.74) is 10.2. The summed E-state index contributed by atoms with van der Waals surface area (Å²) < 4.78 is 5.58. The Hall–Kier alpha value is -0.860. The van der Waals surface area contributed by atoms with Crippen LogP contribution in [0.4, 0.5) is 0 Å². The molecule has 2 heteroatoms. The molecule has 2 nitrogen and oxygen atoms in total. The van der Waals surface area contributed by atoms with Crippen molar-refractivity contribution >= 4 is 0 Å². The molecular weight excluding hydrogens is 210 g/mol. The smallest absolute Gasteiger partial charge is 0.0515 e. The van der Waals surface area contributed by atoms with Crippen LogP contribution in [-0.4, -0.2) is 13.2 Å². The summed E-state index contributed by atoms with van der Waals surface area (Å²) in [7, 11) is 0. The lowest BCUT2D eigenvalue weighted by Gasteiger charge is -2.38. The Morgan fingerprint density at radius 1 is 1.35 bits per heavy atom. The van der Waals surface area contributed by atoms with Crippen molar-refractivity contribution in [1.29, 1.82) is 0 Å². The monoisotopic (exact) mass is 233 g/mol. The molecule has 0 bridgehead atoms. The molecule has 1 aliphatic rings. The van der Waals surface area contributed by atoms with Crippen LogP contribution in [-0.2, 0) is 10.3 Å². The first-order valence-corrected chi connectivity index (χ1v) is 6.46. The van der Waals surface area contributed by atoms with Gasteiger partial charge in [0, 0.05) is 18.1 Å². The molecule has 17 heavy (non-hydrogen) atoms. The second kappa shape index (κ2) is 4.79. The van der Waals surface area contributed by atoms with Gasteiger partial charge in [-0.3, -0.25) is 0 Å². The van der Waals surface area contributed by atoms with Crippen LogP contribution in [0.1, 0.15) is 36.5 Å². The maximum atomic E-state index is 6.60. The molecule has 0 amide bonds. The van der Waals surface area contributed by atoms with Crippen molar-refractivity contribution in [3.8, 4) is 0 Å². The Balaban J connectivity index is 2.32. The Kier molecular flexibility index (Phi) is 3.55. The van der Waals surface area contributed by atoms with E-state index in [1.54, 1.807) is 0 Å². The van der Waals surface area contributed by atoms with E-state index in [2.05, 4.69) is 39.0 Å². The highest BCUT2D eigenvalue weighted by Crippen LogP contribution is 2.34. The second-order valence-corrected chi connectivity index (χ2v) is 5.52. The van der Waals surface area contributed by atoms with E-state index in [-0.39, 0.29) is 5.54 Å². The second-order valence-electron chi connectivity index (χ2n) is 5.52. The van der Waals surface area contributed by atoms with Gasteiger partial charge in [0.2, 0.25) is 0 Å². The van der Waals surface area contributed by atoms with Crippen LogP contribution < -0.4 is 5.73 Å². The molecule has 1 heterocycles. The van der Waals surface area contributed by atoms with E-state index in [0.29, 0.717) is 5.92 Å². The first kappa shape index (κ1) is 12.6. The highest BCUT2D eigenvalue weighted by molar-refractivity contribution is 5.36. The minimum Gasteiger partial charge on any atom is -0.381 e. The van der Waals surface area contributed by atoms with E-state index in [1.807, 2.05) is 0 Å². The van der Waals surface area contributed by atoms with Gasteiger partial charge >= 0.3 is 0 Å². The Labute approximate surface area is 104 Å². The zero-order valence-corrected chi connectivity index (χ0v) is 11.1. The Morgan fingerprint density at radius 3 is 2.76 bits per heavy atom. The maximum Gasteiger partial charge on any atom is 0.0515 e. The summed E-state index contributed by atoms with van der Waals surface area (Å²) in [6, 6.07) is 6.54. The third kappa shape index (κ3) is 2.53. The fourth-order valence-electron chi connectivity index (χ4n) is 2.75. The summed E-state index contributed by atoms with van der Waals surface area (Å²) in [6.45, 7) is 8.09. The molecule has 1 fully saturated rings. The predicted octanol–water partition coefficient (Wildman–Crippen LogP) is 2.90. The molecule has 0 spiro atoms. The predicted molar refractivity (Wildman–Crippen MR) is 71.0 cm³/mol. The average Bonchev–Trinajstić information content (AvgIpc) is 2.33. The molecule has 94 valence electrons. The van der Waals surface area contributed by atoms with Gasteiger partial charge in [-0.25, -0.2) is 0 Å². The molecule has 1 aromatic carbocycles. The van der Waals surface area contributed by atoms with Crippen molar-refractivity contribution < 1.29 is 4.74 Å². The largest absolute Gasteiger partial charge is 0.381 e. The number of hydrogen-bond acceptors (Lipinski definition) is 2. The van der Waals surface area contributed by atoms with Gasteiger partial charge in [0.1, 0.15) is 0 Å². The van der Waals surface area contributed by atoms with Gasteiger partial charge in [-0.05, 0) is 44.7 Å². The van der Waals surface area contributed by atoms with Crippen molar-refractivity contribution in [2.45, 2.75) is 39.2 Å². The molecule has 1 saturated heterocycles. The lowest BCUT2D eigenvalue weighted by Crippen LogP contribution is -2.45. The van der Waals surface area contributed by atoms with E-state index in [9.17, 15) is 0 Å². The van der Waals surface area contributed by atoms with Crippen LogP contribution in [0.25, 0.3) is 0 Å². The number of nitrogens with two attached hydrogens (primary N) is 1. The molecule has 1 aliphatic heterocycles. The highest BCUT2D eigenvalue weighted by atomic mass is 16.5. The van der Waals surface area contributed by atoms with E-state index in [1.165, 1.54) is 23.1 Å². The van der Waals surface area contributed by atoms with Gasteiger partial charge in [0.15, 0.2) is 0 Å². The minimum atomic E-state index is -0.281. The standard InChI is InChI=1S/C15H23NO/c1-11-6-7-12(2)14(9-11)15(3,16)13-5-4-8-17-10-13/h6-7,9,13H,4-5,8,10,16H2,1-3H3. The van der Waals surface area contributed by atoms with Gasteiger partial charge in [-0.15, -0.1) is 0 Å². The average molecular weight is 233 g/mol. The number of rotatable bonds is 2. The topological polar surface area (TPSA) is 35.2 Å².